The SMILES string of the molecule is CCOC(=O)CC(C)(NC(=O)Nc1c(F)cc(C#Cc2ccccc2)cc1F)c1ccccc1. The molecule has 3 rings (SSSR count). The van der Waals surface area contributed by atoms with Crippen molar-refractivity contribution in [3.05, 3.63) is 101 Å². The topological polar surface area (TPSA) is 67.4 Å². The van der Waals surface area contributed by atoms with Crippen LogP contribution in [0.2, 0.25) is 0 Å². The minimum Gasteiger partial charge on any atom is -0.466 e. The van der Waals surface area contributed by atoms with E-state index in [-0.39, 0.29) is 18.6 Å². The largest absolute Gasteiger partial charge is 0.466 e. The van der Waals surface area contributed by atoms with Crippen molar-refractivity contribution in [2.75, 3.05) is 11.9 Å². The fourth-order valence-corrected chi connectivity index (χ4v) is 3.35. The van der Waals surface area contributed by atoms with Gasteiger partial charge in [-0.3, -0.25) is 4.79 Å². The van der Waals surface area contributed by atoms with Crippen LogP contribution in [0.3, 0.4) is 0 Å². The Kier molecular flexibility index (Phi) is 7.99. The number of carbonyl (C=O) groups excluding carboxylic acids is 2. The standard InChI is InChI=1S/C27H24F2N2O3/c1-3-34-24(32)18-27(2,21-12-8-5-9-13-21)31-26(33)30-25-22(28)16-20(17-23(25)29)15-14-19-10-6-4-7-11-19/h4-13,16-17H,3,18H2,1-2H3,(H2,30,31,33). The smallest absolute Gasteiger partial charge is 0.320 e. The molecule has 1 unspecified atom stereocenters. The zero-order valence-electron chi connectivity index (χ0n) is 18.8. The predicted molar refractivity (Wildman–Crippen MR) is 126 cm³/mol. The first kappa shape index (κ1) is 24.5. The minimum absolute atomic E-state index is 0.126. The summed E-state index contributed by atoms with van der Waals surface area (Å²) in [4.78, 5) is 24.9. The number of benzene rings is 3. The number of carbonyl (C=O) groups is 2. The van der Waals surface area contributed by atoms with E-state index in [2.05, 4.69) is 22.5 Å². The van der Waals surface area contributed by atoms with Crippen LogP contribution in [0, 0.1) is 23.5 Å². The number of anilines is 1. The molecule has 3 aromatic carbocycles. The summed E-state index contributed by atoms with van der Waals surface area (Å²) in [6.07, 6.45) is -0.169. The highest BCUT2D eigenvalue weighted by atomic mass is 19.1. The molecule has 0 aliphatic heterocycles. The van der Waals surface area contributed by atoms with Crippen molar-refractivity contribution in [2.45, 2.75) is 25.8 Å². The number of esters is 1. The molecule has 5 nitrogen and oxygen atoms in total. The zero-order chi connectivity index (χ0) is 24.6. The first-order valence-electron chi connectivity index (χ1n) is 10.7. The number of urea groups is 1. The number of hydrogen-bond acceptors (Lipinski definition) is 3. The molecule has 0 radical (unpaired) electrons. The number of halogens is 2. The lowest BCUT2D eigenvalue weighted by Crippen LogP contribution is -2.47. The van der Waals surface area contributed by atoms with E-state index in [1.807, 2.05) is 18.2 Å². The van der Waals surface area contributed by atoms with E-state index in [0.717, 1.165) is 12.1 Å². The van der Waals surface area contributed by atoms with Gasteiger partial charge in [-0.05, 0) is 43.7 Å². The fourth-order valence-electron chi connectivity index (χ4n) is 3.35. The average molecular weight is 462 g/mol. The van der Waals surface area contributed by atoms with Gasteiger partial charge in [0.1, 0.15) is 5.69 Å². The van der Waals surface area contributed by atoms with Gasteiger partial charge in [-0.15, -0.1) is 0 Å². The van der Waals surface area contributed by atoms with Crippen LogP contribution in [0.5, 0.6) is 0 Å². The van der Waals surface area contributed by atoms with E-state index in [1.54, 1.807) is 56.3 Å². The molecule has 3 aromatic rings. The monoisotopic (exact) mass is 462 g/mol. The molecule has 174 valence electrons. The van der Waals surface area contributed by atoms with E-state index in [1.165, 1.54) is 0 Å². The van der Waals surface area contributed by atoms with Crippen molar-refractivity contribution in [3.8, 4) is 11.8 Å². The molecule has 7 heteroatoms. The number of hydrogen-bond donors (Lipinski definition) is 2. The van der Waals surface area contributed by atoms with Gasteiger partial charge in [-0.2, -0.15) is 0 Å². The summed E-state index contributed by atoms with van der Waals surface area (Å²) in [7, 11) is 0. The van der Waals surface area contributed by atoms with Crippen molar-refractivity contribution in [2.24, 2.45) is 0 Å². The Balaban J connectivity index is 1.79. The molecule has 0 fully saturated rings. The third-order valence-corrected chi connectivity index (χ3v) is 5.01. The third-order valence-electron chi connectivity index (χ3n) is 5.01. The van der Waals surface area contributed by atoms with Crippen molar-refractivity contribution < 1.29 is 23.1 Å². The molecule has 0 spiro atoms. The molecular formula is C27H24F2N2O3. The quantitative estimate of drug-likeness (QED) is 0.383. The van der Waals surface area contributed by atoms with E-state index < -0.39 is 34.9 Å². The highest BCUT2D eigenvalue weighted by molar-refractivity contribution is 5.90. The van der Waals surface area contributed by atoms with Crippen LogP contribution in [-0.2, 0) is 15.1 Å². The highest BCUT2D eigenvalue weighted by Gasteiger charge is 2.32. The second-order valence-electron chi connectivity index (χ2n) is 7.69. The second kappa shape index (κ2) is 11.1. The van der Waals surface area contributed by atoms with Gasteiger partial charge in [0.2, 0.25) is 0 Å². The Morgan fingerprint density at radius 1 is 0.912 bits per heavy atom. The van der Waals surface area contributed by atoms with E-state index >= 15 is 0 Å². The molecule has 0 saturated heterocycles. The molecule has 1 atom stereocenters. The predicted octanol–water partition coefficient (Wildman–Crippen LogP) is 5.35. The number of ether oxygens (including phenoxy) is 1. The first-order valence-corrected chi connectivity index (χ1v) is 10.7. The molecular weight excluding hydrogens is 438 g/mol. The van der Waals surface area contributed by atoms with Gasteiger partial charge < -0.3 is 15.4 Å². The molecule has 0 heterocycles. The van der Waals surface area contributed by atoms with Crippen LogP contribution in [-0.4, -0.2) is 18.6 Å². The molecule has 0 saturated carbocycles. The van der Waals surface area contributed by atoms with Crippen LogP contribution in [0.25, 0.3) is 0 Å². The van der Waals surface area contributed by atoms with Gasteiger partial charge in [0, 0.05) is 11.1 Å². The fraction of sp³-hybridized carbons (Fsp3) is 0.185. The Hall–Kier alpha value is -4.18. The molecule has 2 amide bonds. The number of nitrogens with one attached hydrogen (secondary N) is 2. The van der Waals surface area contributed by atoms with Gasteiger partial charge in [0.25, 0.3) is 0 Å². The molecule has 0 aliphatic carbocycles. The Morgan fingerprint density at radius 3 is 2.06 bits per heavy atom. The molecule has 0 aliphatic rings. The maximum atomic E-state index is 14.6. The normalized spacial score (nSPS) is 12.0. The third kappa shape index (κ3) is 6.42. The van der Waals surface area contributed by atoms with Crippen LogP contribution in [0.1, 0.15) is 37.0 Å². The lowest BCUT2D eigenvalue weighted by atomic mass is 9.88. The van der Waals surface area contributed by atoms with Gasteiger partial charge in [0.15, 0.2) is 11.6 Å². The van der Waals surface area contributed by atoms with E-state index in [0.29, 0.717) is 11.1 Å². The summed E-state index contributed by atoms with van der Waals surface area (Å²) in [5.74, 6) is 3.07. The number of amides is 2. The van der Waals surface area contributed by atoms with Gasteiger partial charge in [-0.25, -0.2) is 13.6 Å². The van der Waals surface area contributed by atoms with Crippen molar-refractivity contribution in [1.82, 2.24) is 5.32 Å². The molecule has 0 bridgehead atoms. The lowest BCUT2D eigenvalue weighted by molar-refractivity contribution is -0.144. The Morgan fingerprint density at radius 2 is 1.47 bits per heavy atom. The van der Waals surface area contributed by atoms with Crippen LogP contribution >= 0.6 is 0 Å². The van der Waals surface area contributed by atoms with Gasteiger partial charge >= 0.3 is 12.0 Å². The van der Waals surface area contributed by atoms with Crippen LogP contribution in [0.15, 0.2) is 72.8 Å². The van der Waals surface area contributed by atoms with E-state index in [9.17, 15) is 18.4 Å². The molecule has 34 heavy (non-hydrogen) atoms. The summed E-state index contributed by atoms with van der Waals surface area (Å²) < 4.78 is 34.3. The maximum absolute atomic E-state index is 14.6. The van der Waals surface area contributed by atoms with Crippen molar-refractivity contribution in [3.63, 3.8) is 0 Å². The Bertz CT molecular complexity index is 1200. The molecule has 0 aromatic heterocycles. The average Bonchev–Trinajstić information content (AvgIpc) is 2.81. The van der Waals surface area contributed by atoms with Crippen molar-refractivity contribution in [1.29, 1.82) is 0 Å². The second-order valence-corrected chi connectivity index (χ2v) is 7.69. The summed E-state index contributed by atoms with van der Waals surface area (Å²) in [5.41, 5.74) is -0.334. The summed E-state index contributed by atoms with van der Waals surface area (Å²) >= 11 is 0. The summed E-state index contributed by atoms with van der Waals surface area (Å²) in [6.45, 7) is 3.50. The van der Waals surface area contributed by atoms with Crippen LogP contribution in [0.4, 0.5) is 19.3 Å². The minimum atomic E-state index is -1.17. The Labute approximate surface area is 197 Å². The van der Waals surface area contributed by atoms with Gasteiger partial charge in [0.05, 0.1) is 18.6 Å². The van der Waals surface area contributed by atoms with E-state index in [4.69, 9.17) is 4.74 Å². The maximum Gasteiger partial charge on any atom is 0.320 e. The lowest BCUT2D eigenvalue weighted by Gasteiger charge is -2.30. The first-order chi connectivity index (χ1) is 16.3. The summed E-state index contributed by atoms with van der Waals surface area (Å²) in [5, 5.41) is 4.86. The van der Waals surface area contributed by atoms with Crippen LogP contribution < -0.4 is 10.6 Å². The zero-order valence-corrected chi connectivity index (χ0v) is 18.8. The van der Waals surface area contributed by atoms with Gasteiger partial charge in [-0.1, -0.05) is 60.4 Å². The highest BCUT2D eigenvalue weighted by Crippen LogP contribution is 2.26. The van der Waals surface area contributed by atoms with Crippen molar-refractivity contribution >= 4 is 17.7 Å². The number of rotatable bonds is 6. The summed E-state index contributed by atoms with van der Waals surface area (Å²) in [6, 6.07) is 19.0. The molecule has 2 N–H and O–H groups in total.